The van der Waals surface area contributed by atoms with E-state index in [1.54, 1.807) is 30.5 Å². The number of nitrogens with zero attached hydrogens (tertiary/aromatic N) is 2. The standard InChI is InChI=1S/C22H25N3O2S/c1-26-19-9-7-17(8-10-19)22-23-18(16-28-22)15-24-11-13-25(14-12-24)20-5-3-4-6-21(20)27-2/h3-10,16H,11-15H2,1-2H3/p+1. The Balaban J connectivity index is 1.35. The summed E-state index contributed by atoms with van der Waals surface area (Å²) in [5.74, 6) is 1.83. The minimum atomic E-state index is 0.873. The van der Waals surface area contributed by atoms with Gasteiger partial charge in [0.2, 0.25) is 0 Å². The molecule has 5 nitrogen and oxygen atoms in total. The number of thiazole rings is 1. The summed E-state index contributed by atoms with van der Waals surface area (Å²) >= 11 is 1.71. The van der Waals surface area contributed by atoms with Crippen LogP contribution in [0.4, 0.5) is 5.69 Å². The van der Waals surface area contributed by atoms with Gasteiger partial charge < -0.3 is 19.3 Å². The van der Waals surface area contributed by atoms with Gasteiger partial charge in [-0.3, -0.25) is 0 Å². The van der Waals surface area contributed by atoms with Crippen LogP contribution in [0, 0.1) is 0 Å². The number of methoxy groups -OCH3 is 2. The molecular formula is C22H26N3O2S+. The predicted molar refractivity (Wildman–Crippen MR) is 114 cm³/mol. The van der Waals surface area contributed by atoms with E-state index in [2.05, 4.69) is 34.5 Å². The maximum atomic E-state index is 5.52. The molecule has 0 unspecified atom stereocenters. The van der Waals surface area contributed by atoms with E-state index in [1.807, 2.05) is 24.3 Å². The molecular weight excluding hydrogens is 370 g/mol. The summed E-state index contributed by atoms with van der Waals surface area (Å²) in [7, 11) is 3.43. The molecule has 1 aliphatic heterocycles. The molecule has 0 atom stereocenters. The highest BCUT2D eigenvalue weighted by Gasteiger charge is 2.23. The summed E-state index contributed by atoms with van der Waals surface area (Å²) in [4.78, 5) is 8.86. The highest BCUT2D eigenvalue weighted by Crippen LogP contribution is 2.28. The predicted octanol–water partition coefficient (Wildman–Crippen LogP) is 2.73. The van der Waals surface area contributed by atoms with Gasteiger partial charge in [-0.25, -0.2) is 4.98 Å². The van der Waals surface area contributed by atoms with Gasteiger partial charge in [-0.1, -0.05) is 12.1 Å². The lowest BCUT2D eigenvalue weighted by atomic mass is 10.2. The van der Waals surface area contributed by atoms with Crippen LogP contribution in [0.1, 0.15) is 5.69 Å². The van der Waals surface area contributed by atoms with E-state index in [1.165, 1.54) is 11.4 Å². The monoisotopic (exact) mass is 396 g/mol. The second kappa shape index (κ2) is 8.63. The molecule has 0 spiro atoms. The van der Waals surface area contributed by atoms with Crippen LogP contribution in [0.25, 0.3) is 10.6 Å². The average Bonchev–Trinajstić information content (AvgIpc) is 3.23. The van der Waals surface area contributed by atoms with Crippen LogP contribution < -0.4 is 19.3 Å². The van der Waals surface area contributed by atoms with Gasteiger partial charge in [-0.2, -0.15) is 0 Å². The van der Waals surface area contributed by atoms with Gasteiger partial charge in [0.05, 0.1) is 46.1 Å². The van der Waals surface area contributed by atoms with Gasteiger partial charge in [-0.05, 0) is 36.4 Å². The molecule has 4 rings (SSSR count). The van der Waals surface area contributed by atoms with Crippen molar-refractivity contribution in [2.75, 3.05) is 45.3 Å². The molecule has 3 aromatic rings. The van der Waals surface area contributed by atoms with Crippen molar-refractivity contribution in [2.45, 2.75) is 6.54 Å². The first-order valence-electron chi connectivity index (χ1n) is 9.57. The fourth-order valence-corrected chi connectivity index (χ4v) is 4.47. The zero-order valence-corrected chi connectivity index (χ0v) is 17.2. The number of rotatable bonds is 6. The van der Waals surface area contributed by atoms with E-state index in [0.29, 0.717) is 0 Å². The SMILES string of the molecule is COc1ccc(-c2nc(C[NH+]3CCN(c4ccccc4OC)CC3)cs2)cc1. The number of benzene rings is 2. The van der Waals surface area contributed by atoms with Crippen molar-refractivity contribution >= 4 is 17.0 Å². The van der Waals surface area contributed by atoms with Gasteiger partial charge in [0.25, 0.3) is 0 Å². The van der Waals surface area contributed by atoms with E-state index >= 15 is 0 Å². The molecule has 0 aliphatic carbocycles. The first-order valence-corrected chi connectivity index (χ1v) is 10.4. The molecule has 0 bridgehead atoms. The highest BCUT2D eigenvalue weighted by molar-refractivity contribution is 7.13. The van der Waals surface area contributed by atoms with Gasteiger partial charge >= 0.3 is 0 Å². The zero-order chi connectivity index (χ0) is 19.3. The molecule has 0 saturated carbocycles. The molecule has 1 aromatic heterocycles. The number of hydrogen-bond donors (Lipinski definition) is 1. The number of para-hydroxylation sites is 2. The molecule has 2 heterocycles. The molecule has 28 heavy (non-hydrogen) atoms. The van der Waals surface area contributed by atoms with Gasteiger partial charge in [0, 0.05) is 10.9 Å². The molecule has 2 aromatic carbocycles. The maximum absolute atomic E-state index is 5.52. The molecule has 0 amide bonds. The minimum Gasteiger partial charge on any atom is -0.497 e. The topological polar surface area (TPSA) is 39.0 Å². The van der Waals surface area contributed by atoms with Crippen molar-refractivity contribution in [2.24, 2.45) is 0 Å². The second-order valence-corrected chi connectivity index (χ2v) is 7.82. The third-order valence-corrected chi connectivity index (χ3v) is 6.16. The summed E-state index contributed by atoms with van der Waals surface area (Å²) < 4.78 is 10.7. The lowest BCUT2D eigenvalue weighted by Gasteiger charge is -2.34. The van der Waals surface area contributed by atoms with Crippen LogP contribution in [0.3, 0.4) is 0 Å². The summed E-state index contributed by atoms with van der Waals surface area (Å²) in [5, 5.41) is 3.27. The fraction of sp³-hybridized carbons (Fsp3) is 0.318. The number of ether oxygens (including phenoxy) is 2. The largest absolute Gasteiger partial charge is 0.497 e. The Hall–Kier alpha value is -2.57. The smallest absolute Gasteiger partial charge is 0.142 e. The van der Waals surface area contributed by atoms with E-state index in [-0.39, 0.29) is 0 Å². The Morgan fingerprint density at radius 1 is 1.00 bits per heavy atom. The van der Waals surface area contributed by atoms with Crippen molar-refractivity contribution in [3.05, 3.63) is 59.6 Å². The summed E-state index contributed by atoms with van der Waals surface area (Å²) in [6.07, 6.45) is 0. The number of aromatic nitrogens is 1. The minimum absolute atomic E-state index is 0.873. The molecule has 146 valence electrons. The first-order chi connectivity index (χ1) is 13.8. The van der Waals surface area contributed by atoms with Crippen LogP contribution in [0.5, 0.6) is 11.5 Å². The molecule has 1 fully saturated rings. The van der Waals surface area contributed by atoms with Crippen molar-refractivity contribution in [1.82, 2.24) is 4.98 Å². The third-order valence-electron chi connectivity index (χ3n) is 5.22. The first kappa shape index (κ1) is 18.8. The van der Waals surface area contributed by atoms with E-state index < -0.39 is 0 Å². The number of piperazine rings is 1. The van der Waals surface area contributed by atoms with E-state index in [0.717, 1.165) is 54.8 Å². The number of quaternary nitrogens is 1. The Bertz CT molecular complexity index is 902. The quantitative estimate of drug-likeness (QED) is 0.695. The van der Waals surface area contributed by atoms with Crippen LogP contribution in [0.15, 0.2) is 53.9 Å². The van der Waals surface area contributed by atoms with Gasteiger partial charge in [0.1, 0.15) is 28.7 Å². The van der Waals surface area contributed by atoms with Crippen molar-refractivity contribution in [3.8, 4) is 22.1 Å². The Morgan fingerprint density at radius 3 is 2.46 bits per heavy atom. The fourth-order valence-electron chi connectivity index (χ4n) is 3.64. The zero-order valence-electron chi connectivity index (χ0n) is 16.4. The normalized spacial score (nSPS) is 14.9. The summed E-state index contributed by atoms with van der Waals surface area (Å²) in [6, 6.07) is 16.4. The van der Waals surface area contributed by atoms with Gasteiger partial charge in [0.15, 0.2) is 0 Å². The Kier molecular flexibility index (Phi) is 5.78. The Morgan fingerprint density at radius 2 is 1.75 bits per heavy atom. The van der Waals surface area contributed by atoms with Crippen LogP contribution in [-0.4, -0.2) is 45.4 Å². The van der Waals surface area contributed by atoms with Gasteiger partial charge in [-0.15, -0.1) is 11.3 Å². The summed E-state index contributed by atoms with van der Waals surface area (Å²) in [5.41, 5.74) is 3.52. The lowest BCUT2D eigenvalue weighted by molar-refractivity contribution is -0.914. The van der Waals surface area contributed by atoms with E-state index in [4.69, 9.17) is 14.5 Å². The number of hydrogen-bond acceptors (Lipinski definition) is 5. The lowest BCUT2D eigenvalue weighted by Crippen LogP contribution is -3.13. The number of anilines is 1. The van der Waals surface area contributed by atoms with Crippen molar-refractivity contribution in [3.63, 3.8) is 0 Å². The molecule has 1 aliphatic rings. The molecule has 0 radical (unpaired) electrons. The van der Waals surface area contributed by atoms with Crippen molar-refractivity contribution < 1.29 is 14.4 Å². The second-order valence-electron chi connectivity index (χ2n) is 6.96. The van der Waals surface area contributed by atoms with Crippen LogP contribution in [0.2, 0.25) is 0 Å². The van der Waals surface area contributed by atoms with E-state index in [9.17, 15) is 0 Å². The van der Waals surface area contributed by atoms with Crippen LogP contribution in [-0.2, 0) is 6.54 Å². The Labute approximate surface area is 170 Å². The number of nitrogens with one attached hydrogen (secondary N) is 1. The average molecular weight is 397 g/mol. The van der Waals surface area contributed by atoms with Crippen LogP contribution >= 0.6 is 11.3 Å². The highest BCUT2D eigenvalue weighted by atomic mass is 32.1. The molecule has 1 saturated heterocycles. The van der Waals surface area contributed by atoms with Crippen molar-refractivity contribution in [1.29, 1.82) is 0 Å². The maximum Gasteiger partial charge on any atom is 0.142 e. The molecule has 1 N–H and O–H groups in total. The third kappa shape index (κ3) is 4.13. The molecule has 6 heteroatoms. The summed E-state index contributed by atoms with van der Waals surface area (Å²) in [6.45, 7) is 5.25.